The molecule has 1 aromatic carbocycles. The zero-order valence-electron chi connectivity index (χ0n) is 8.88. The summed E-state index contributed by atoms with van der Waals surface area (Å²) in [5, 5.41) is 8.06. The van der Waals surface area contributed by atoms with E-state index in [0.717, 1.165) is 6.07 Å². The minimum atomic E-state index is -0.604. The third-order valence-corrected chi connectivity index (χ3v) is 1.88. The highest BCUT2D eigenvalue weighted by atomic mass is 19.1. The first-order valence-corrected chi connectivity index (χ1v) is 4.75. The molecule has 0 unspecified atom stereocenters. The van der Waals surface area contributed by atoms with E-state index in [4.69, 9.17) is 0 Å². The van der Waals surface area contributed by atoms with E-state index in [1.165, 1.54) is 12.3 Å². The van der Waals surface area contributed by atoms with Crippen LogP contribution in [0.3, 0.4) is 0 Å². The minimum Gasteiger partial charge on any atom is -0.207 e. The Bertz CT molecular complexity index is 469. The first-order chi connectivity index (χ1) is 7.18. The van der Waals surface area contributed by atoms with Crippen LogP contribution in [0.2, 0.25) is 0 Å². The number of benzene rings is 1. The van der Waals surface area contributed by atoms with Gasteiger partial charge < -0.3 is 0 Å². The lowest BCUT2D eigenvalue weighted by Gasteiger charge is -2.00. The van der Waals surface area contributed by atoms with Crippen molar-refractivity contribution in [2.24, 2.45) is 0 Å². The molecule has 0 aliphatic carbocycles. The molecule has 2 aromatic rings. The molecule has 0 atom stereocenters. The lowest BCUT2D eigenvalue weighted by atomic mass is 10.1. The molecule has 15 heavy (non-hydrogen) atoms. The van der Waals surface area contributed by atoms with Crippen LogP contribution in [0, 0.1) is 18.6 Å². The summed E-state index contributed by atoms with van der Waals surface area (Å²) >= 11 is 0. The van der Waals surface area contributed by atoms with E-state index in [-0.39, 0.29) is 0 Å². The van der Waals surface area contributed by atoms with Crippen molar-refractivity contribution in [3.8, 4) is 0 Å². The molecule has 80 valence electrons. The van der Waals surface area contributed by atoms with Crippen molar-refractivity contribution in [3.63, 3.8) is 0 Å². The Morgan fingerprint density at radius 1 is 1.07 bits per heavy atom. The Labute approximate surface area is 87.0 Å². The summed E-state index contributed by atoms with van der Waals surface area (Å²) < 4.78 is 25.9. The predicted molar refractivity (Wildman–Crippen MR) is 55.5 cm³/mol. The molecule has 0 fully saturated rings. The molecule has 0 aliphatic rings. The molecule has 0 amide bonds. The van der Waals surface area contributed by atoms with Crippen molar-refractivity contribution in [1.29, 1.82) is 0 Å². The summed E-state index contributed by atoms with van der Waals surface area (Å²) in [6.45, 7) is 5.66. The van der Waals surface area contributed by atoms with Gasteiger partial charge >= 0.3 is 0 Å². The quantitative estimate of drug-likeness (QED) is 0.667. The van der Waals surface area contributed by atoms with Gasteiger partial charge in [-0.25, -0.2) is 8.78 Å². The lowest BCUT2D eigenvalue weighted by Crippen LogP contribution is -1.91. The average Bonchev–Trinajstić information content (AvgIpc) is 2.23. The topological polar surface area (TPSA) is 25.8 Å². The van der Waals surface area contributed by atoms with Crippen LogP contribution in [0.15, 0.2) is 18.3 Å². The molecule has 1 aromatic heterocycles. The van der Waals surface area contributed by atoms with Crippen LogP contribution in [0.4, 0.5) is 8.78 Å². The fourth-order valence-electron chi connectivity index (χ4n) is 1.24. The molecular weight excluding hydrogens is 198 g/mol. The van der Waals surface area contributed by atoms with E-state index in [9.17, 15) is 8.78 Å². The first-order valence-electron chi connectivity index (χ1n) is 4.75. The number of aryl methyl sites for hydroxylation is 1. The zero-order chi connectivity index (χ0) is 11.4. The summed E-state index contributed by atoms with van der Waals surface area (Å²) in [4.78, 5) is 0. The third kappa shape index (κ3) is 2.26. The number of rotatable bonds is 0. The number of hydrogen-bond acceptors (Lipinski definition) is 2. The standard InChI is InChI=1S/C9H6F2N2.C2H6/c1-5-7-2-6(10)3-9(11)8(7)4-12-13-5;1-2/h2-4H,1H3;1-2H3. The maximum Gasteiger partial charge on any atom is 0.135 e. The van der Waals surface area contributed by atoms with Crippen molar-refractivity contribution in [3.05, 3.63) is 35.7 Å². The van der Waals surface area contributed by atoms with Gasteiger partial charge in [0.1, 0.15) is 11.6 Å². The van der Waals surface area contributed by atoms with Crippen molar-refractivity contribution in [2.45, 2.75) is 20.8 Å². The van der Waals surface area contributed by atoms with Crippen LogP contribution in [-0.4, -0.2) is 10.2 Å². The summed E-state index contributed by atoms with van der Waals surface area (Å²) in [5.74, 6) is -1.20. The summed E-state index contributed by atoms with van der Waals surface area (Å²) in [6, 6.07) is 2.09. The minimum absolute atomic E-state index is 0.300. The number of halogens is 2. The highest BCUT2D eigenvalue weighted by molar-refractivity contribution is 5.83. The molecule has 0 aliphatic heterocycles. The first kappa shape index (κ1) is 11.5. The Morgan fingerprint density at radius 2 is 1.73 bits per heavy atom. The molecule has 4 heteroatoms. The normalized spacial score (nSPS) is 9.67. The summed E-state index contributed by atoms with van der Waals surface area (Å²) in [6.07, 6.45) is 1.29. The van der Waals surface area contributed by atoms with Crippen molar-refractivity contribution in [1.82, 2.24) is 10.2 Å². The van der Waals surface area contributed by atoms with E-state index < -0.39 is 11.6 Å². The van der Waals surface area contributed by atoms with Gasteiger partial charge in [-0.05, 0) is 13.0 Å². The van der Waals surface area contributed by atoms with Gasteiger partial charge in [0.15, 0.2) is 0 Å². The summed E-state index contributed by atoms with van der Waals surface area (Å²) in [5.41, 5.74) is 0.524. The molecule has 0 N–H and O–H groups in total. The number of fused-ring (bicyclic) bond motifs is 1. The Hall–Kier alpha value is -1.58. The maximum atomic E-state index is 13.1. The van der Waals surface area contributed by atoms with E-state index >= 15 is 0 Å². The van der Waals surface area contributed by atoms with Crippen molar-refractivity contribution >= 4 is 10.8 Å². The van der Waals surface area contributed by atoms with E-state index in [0.29, 0.717) is 16.5 Å². The van der Waals surface area contributed by atoms with Crippen LogP contribution >= 0.6 is 0 Å². The Morgan fingerprint density at radius 3 is 2.40 bits per heavy atom. The van der Waals surface area contributed by atoms with Gasteiger partial charge in [0, 0.05) is 16.8 Å². The van der Waals surface area contributed by atoms with E-state index in [2.05, 4.69) is 10.2 Å². The smallest absolute Gasteiger partial charge is 0.135 e. The molecule has 1 heterocycles. The Balaban J connectivity index is 0.000000531. The fourth-order valence-corrected chi connectivity index (χ4v) is 1.24. The molecule has 0 spiro atoms. The number of nitrogens with zero attached hydrogens (tertiary/aromatic N) is 2. The van der Waals surface area contributed by atoms with Crippen LogP contribution in [0.5, 0.6) is 0 Å². The molecular formula is C11H12F2N2. The highest BCUT2D eigenvalue weighted by Crippen LogP contribution is 2.19. The highest BCUT2D eigenvalue weighted by Gasteiger charge is 2.06. The van der Waals surface area contributed by atoms with Crippen LogP contribution in [-0.2, 0) is 0 Å². The molecule has 2 nitrogen and oxygen atoms in total. The number of hydrogen-bond donors (Lipinski definition) is 0. The maximum absolute atomic E-state index is 13.1. The Kier molecular flexibility index (Phi) is 3.66. The van der Waals surface area contributed by atoms with Gasteiger partial charge in [-0.1, -0.05) is 13.8 Å². The lowest BCUT2D eigenvalue weighted by molar-refractivity contribution is 0.591. The second-order valence-electron chi connectivity index (χ2n) is 2.78. The van der Waals surface area contributed by atoms with E-state index in [1.54, 1.807) is 6.92 Å². The SMILES string of the molecule is CC.Cc1nncc2c(F)cc(F)cc12. The van der Waals surface area contributed by atoms with Crippen LogP contribution in [0.25, 0.3) is 10.8 Å². The van der Waals surface area contributed by atoms with Gasteiger partial charge in [0.2, 0.25) is 0 Å². The van der Waals surface area contributed by atoms with Gasteiger partial charge in [-0.2, -0.15) is 10.2 Å². The molecule has 0 saturated carbocycles. The molecule has 0 bridgehead atoms. The van der Waals surface area contributed by atoms with Crippen LogP contribution in [0.1, 0.15) is 19.5 Å². The van der Waals surface area contributed by atoms with Gasteiger partial charge in [-0.3, -0.25) is 0 Å². The molecule has 2 rings (SSSR count). The fraction of sp³-hybridized carbons (Fsp3) is 0.273. The zero-order valence-corrected chi connectivity index (χ0v) is 8.88. The second kappa shape index (κ2) is 4.77. The molecule has 0 saturated heterocycles. The largest absolute Gasteiger partial charge is 0.207 e. The van der Waals surface area contributed by atoms with Crippen LogP contribution < -0.4 is 0 Å². The van der Waals surface area contributed by atoms with E-state index in [1.807, 2.05) is 13.8 Å². The molecule has 0 radical (unpaired) electrons. The van der Waals surface area contributed by atoms with Gasteiger partial charge in [-0.15, -0.1) is 0 Å². The van der Waals surface area contributed by atoms with Crippen molar-refractivity contribution < 1.29 is 8.78 Å². The summed E-state index contributed by atoms with van der Waals surface area (Å²) in [7, 11) is 0. The average molecular weight is 210 g/mol. The van der Waals surface area contributed by atoms with Gasteiger partial charge in [0.25, 0.3) is 0 Å². The van der Waals surface area contributed by atoms with Crippen molar-refractivity contribution in [2.75, 3.05) is 0 Å². The monoisotopic (exact) mass is 210 g/mol. The predicted octanol–water partition coefficient (Wildman–Crippen LogP) is 3.24. The third-order valence-electron chi connectivity index (χ3n) is 1.88. The second-order valence-corrected chi connectivity index (χ2v) is 2.78. The number of aromatic nitrogens is 2. The van der Waals surface area contributed by atoms with Gasteiger partial charge in [0.05, 0.1) is 11.9 Å².